The van der Waals surface area contributed by atoms with Gasteiger partial charge in [0.2, 0.25) is 15.8 Å². The number of hydrogen-bond donors (Lipinski definition) is 2. The predicted octanol–water partition coefficient (Wildman–Crippen LogP) is 4.48. The molecule has 0 saturated carbocycles. The highest BCUT2D eigenvalue weighted by molar-refractivity contribution is 7.89. The second-order valence-electron chi connectivity index (χ2n) is 7.82. The molecule has 0 radical (unpaired) electrons. The first-order chi connectivity index (χ1) is 17.0. The first-order valence-electron chi connectivity index (χ1n) is 10.7. The summed E-state index contributed by atoms with van der Waals surface area (Å²) in [5, 5.41) is 3.09. The lowest BCUT2D eigenvalue weighted by Gasteiger charge is -2.18. The highest BCUT2D eigenvalue weighted by Gasteiger charge is 2.25. The SMILES string of the molecule is COc1ccc(CNc2cc(C)c(S(=O)(=O)NC(C)c3cc(F)cc(F)c3F)cn2)c(OC)c1OC. The normalized spacial score (nSPS) is 12.2. The Bertz CT molecular complexity index is 1370. The lowest BCUT2D eigenvalue weighted by molar-refractivity contribution is 0.322. The number of hydrogen-bond acceptors (Lipinski definition) is 7. The summed E-state index contributed by atoms with van der Waals surface area (Å²) >= 11 is 0. The van der Waals surface area contributed by atoms with Crippen molar-refractivity contribution in [1.82, 2.24) is 9.71 Å². The second kappa shape index (κ2) is 11.0. The smallest absolute Gasteiger partial charge is 0.242 e. The van der Waals surface area contributed by atoms with E-state index >= 15 is 0 Å². The number of aromatic nitrogens is 1. The fourth-order valence-corrected chi connectivity index (χ4v) is 5.05. The van der Waals surface area contributed by atoms with Gasteiger partial charge in [0.15, 0.2) is 23.1 Å². The van der Waals surface area contributed by atoms with Crippen molar-refractivity contribution >= 4 is 15.8 Å². The van der Waals surface area contributed by atoms with E-state index in [1.165, 1.54) is 34.3 Å². The summed E-state index contributed by atoms with van der Waals surface area (Å²) in [5.74, 6) is -1.96. The van der Waals surface area contributed by atoms with E-state index in [1.807, 2.05) is 0 Å². The van der Waals surface area contributed by atoms with Crippen LogP contribution in [0.2, 0.25) is 0 Å². The van der Waals surface area contributed by atoms with Gasteiger partial charge in [0.1, 0.15) is 16.5 Å². The molecule has 1 atom stereocenters. The topological polar surface area (TPSA) is 98.8 Å². The molecule has 3 aromatic rings. The number of pyridine rings is 1. The van der Waals surface area contributed by atoms with Crippen LogP contribution in [0.25, 0.3) is 0 Å². The summed E-state index contributed by atoms with van der Waals surface area (Å²) in [4.78, 5) is 3.99. The molecular weight excluding hydrogens is 499 g/mol. The van der Waals surface area contributed by atoms with Crippen molar-refractivity contribution in [3.8, 4) is 17.2 Å². The van der Waals surface area contributed by atoms with Crippen LogP contribution in [0.15, 0.2) is 41.4 Å². The zero-order valence-electron chi connectivity index (χ0n) is 20.3. The minimum Gasteiger partial charge on any atom is -0.493 e. The molecule has 3 rings (SSSR count). The minimum atomic E-state index is -4.19. The zero-order chi connectivity index (χ0) is 26.6. The van der Waals surface area contributed by atoms with Gasteiger partial charge < -0.3 is 19.5 Å². The number of rotatable bonds is 10. The van der Waals surface area contributed by atoms with E-state index in [0.717, 1.165) is 17.8 Å². The number of nitrogens with one attached hydrogen (secondary N) is 2. The number of halogens is 3. The largest absolute Gasteiger partial charge is 0.493 e. The molecule has 1 heterocycles. The van der Waals surface area contributed by atoms with Crippen LogP contribution in [0.1, 0.15) is 29.7 Å². The molecule has 0 spiro atoms. The Morgan fingerprint density at radius 1 is 1.00 bits per heavy atom. The number of sulfonamides is 1. The van der Waals surface area contributed by atoms with Crippen LogP contribution in [0, 0.1) is 24.4 Å². The van der Waals surface area contributed by atoms with Crippen molar-refractivity contribution in [3.63, 3.8) is 0 Å². The van der Waals surface area contributed by atoms with Gasteiger partial charge in [-0.05, 0) is 43.7 Å². The quantitative estimate of drug-likeness (QED) is 0.377. The molecule has 2 N–H and O–H groups in total. The van der Waals surface area contributed by atoms with Gasteiger partial charge in [-0.15, -0.1) is 0 Å². The Labute approximate surface area is 207 Å². The van der Waals surface area contributed by atoms with Gasteiger partial charge in [0, 0.05) is 36.0 Å². The number of methoxy groups -OCH3 is 3. The molecule has 2 aromatic carbocycles. The maximum absolute atomic E-state index is 14.1. The van der Waals surface area contributed by atoms with E-state index in [0.29, 0.717) is 34.7 Å². The second-order valence-corrected chi connectivity index (χ2v) is 9.50. The van der Waals surface area contributed by atoms with Gasteiger partial charge in [-0.3, -0.25) is 0 Å². The molecule has 0 aliphatic carbocycles. The van der Waals surface area contributed by atoms with Crippen molar-refractivity contribution < 1.29 is 35.8 Å². The Morgan fingerprint density at radius 2 is 1.69 bits per heavy atom. The summed E-state index contributed by atoms with van der Waals surface area (Å²) in [7, 11) is 0.316. The van der Waals surface area contributed by atoms with E-state index in [-0.39, 0.29) is 11.4 Å². The molecule has 8 nitrogen and oxygen atoms in total. The lowest BCUT2D eigenvalue weighted by Crippen LogP contribution is -2.28. The molecule has 0 aliphatic heterocycles. The van der Waals surface area contributed by atoms with Gasteiger partial charge in [0.05, 0.1) is 21.3 Å². The Morgan fingerprint density at radius 3 is 2.31 bits per heavy atom. The standard InChI is InChI=1S/C24H26F3N3O5S/c1-13-8-21(28-11-15-6-7-19(33-3)24(35-5)23(15)34-4)29-12-20(13)36(31,32)30-14(2)17-9-16(25)10-18(26)22(17)27/h6-10,12,14,30H,11H2,1-5H3,(H,28,29). The van der Waals surface area contributed by atoms with Crippen LogP contribution in [0.5, 0.6) is 17.2 Å². The summed E-state index contributed by atoms with van der Waals surface area (Å²) in [5.41, 5.74) is 0.632. The summed E-state index contributed by atoms with van der Waals surface area (Å²) in [6, 6.07) is 4.93. The van der Waals surface area contributed by atoms with Gasteiger partial charge in [0.25, 0.3) is 0 Å². The maximum atomic E-state index is 14.1. The predicted molar refractivity (Wildman–Crippen MR) is 127 cm³/mol. The fourth-order valence-electron chi connectivity index (χ4n) is 3.66. The van der Waals surface area contributed by atoms with Gasteiger partial charge >= 0.3 is 0 Å². The van der Waals surface area contributed by atoms with Crippen LogP contribution in [-0.2, 0) is 16.6 Å². The zero-order valence-corrected chi connectivity index (χ0v) is 21.1. The fraction of sp³-hybridized carbons (Fsp3) is 0.292. The average Bonchev–Trinajstić information content (AvgIpc) is 2.83. The molecule has 0 amide bonds. The van der Waals surface area contributed by atoms with Gasteiger partial charge in [-0.25, -0.2) is 31.3 Å². The number of anilines is 1. The average molecular weight is 526 g/mol. The molecular formula is C24H26F3N3O5S. The number of ether oxygens (including phenoxy) is 3. The Balaban J connectivity index is 1.79. The van der Waals surface area contributed by atoms with E-state index in [1.54, 1.807) is 19.1 Å². The third-order valence-electron chi connectivity index (χ3n) is 5.42. The first kappa shape index (κ1) is 27.1. The maximum Gasteiger partial charge on any atom is 0.242 e. The molecule has 0 aliphatic rings. The molecule has 36 heavy (non-hydrogen) atoms. The molecule has 194 valence electrons. The van der Waals surface area contributed by atoms with Crippen LogP contribution in [0.4, 0.5) is 19.0 Å². The monoisotopic (exact) mass is 525 g/mol. The summed E-state index contributed by atoms with van der Waals surface area (Å²) in [6.07, 6.45) is 1.14. The number of benzene rings is 2. The van der Waals surface area contributed by atoms with Crippen molar-refractivity contribution in [3.05, 3.63) is 70.7 Å². The van der Waals surface area contributed by atoms with Crippen LogP contribution in [-0.4, -0.2) is 34.7 Å². The van der Waals surface area contributed by atoms with Crippen LogP contribution < -0.4 is 24.2 Å². The third kappa shape index (κ3) is 5.65. The van der Waals surface area contributed by atoms with Crippen molar-refractivity contribution in [1.29, 1.82) is 0 Å². The molecule has 12 heteroatoms. The molecule has 1 unspecified atom stereocenters. The first-order valence-corrected chi connectivity index (χ1v) is 12.2. The van der Waals surface area contributed by atoms with Crippen molar-refractivity contribution in [2.75, 3.05) is 26.6 Å². The molecule has 0 fully saturated rings. The highest BCUT2D eigenvalue weighted by Crippen LogP contribution is 2.40. The van der Waals surface area contributed by atoms with Crippen LogP contribution in [0.3, 0.4) is 0 Å². The molecule has 0 bridgehead atoms. The van der Waals surface area contributed by atoms with Crippen molar-refractivity contribution in [2.45, 2.75) is 31.3 Å². The van der Waals surface area contributed by atoms with E-state index in [9.17, 15) is 21.6 Å². The molecule has 1 aromatic heterocycles. The van der Waals surface area contributed by atoms with E-state index < -0.39 is 39.1 Å². The van der Waals surface area contributed by atoms with Gasteiger partial charge in [-0.1, -0.05) is 0 Å². The Kier molecular flexibility index (Phi) is 8.31. The summed E-state index contributed by atoms with van der Waals surface area (Å²) in [6.45, 7) is 3.12. The lowest BCUT2D eigenvalue weighted by atomic mass is 10.1. The number of aryl methyl sites for hydroxylation is 1. The summed E-state index contributed by atoms with van der Waals surface area (Å²) < 4.78 is 85.3. The highest BCUT2D eigenvalue weighted by atomic mass is 32.2. The number of nitrogens with zero attached hydrogens (tertiary/aromatic N) is 1. The third-order valence-corrected chi connectivity index (χ3v) is 7.09. The Hall–Kier alpha value is -3.51. The van der Waals surface area contributed by atoms with E-state index in [4.69, 9.17) is 14.2 Å². The van der Waals surface area contributed by atoms with E-state index in [2.05, 4.69) is 15.0 Å². The minimum absolute atomic E-state index is 0.166. The van der Waals surface area contributed by atoms with Gasteiger partial charge in [-0.2, -0.15) is 0 Å². The van der Waals surface area contributed by atoms with Crippen LogP contribution >= 0.6 is 0 Å². The molecule has 0 saturated heterocycles. The van der Waals surface area contributed by atoms with Crippen molar-refractivity contribution in [2.24, 2.45) is 0 Å².